The Labute approximate surface area is 344 Å². The van der Waals surface area contributed by atoms with E-state index in [1.54, 1.807) is 0 Å². The van der Waals surface area contributed by atoms with Gasteiger partial charge in [0.25, 0.3) is 0 Å². The fourth-order valence-electron chi connectivity index (χ4n) is 9.62. The highest BCUT2D eigenvalue weighted by atomic mass is 16.3. The van der Waals surface area contributed by atoms with E-state index in [1.807, 2.05) is 12.1 Å². The third kappa shape index (κ3) is 4.71. The Kier molecular flexibility index (Phi) is 6.95. The smallest absolute Gasteiger partial charge is 0.145 e. The van der Waals surface area contributed by atoms with Crippen molar-refractivity contribution < 1.29 is 4.42 Å². The van der Waals surface area contributed by atoms with Crippen LogP contribution < -0.4 is 0 Å². The normalized spacial score (nSPS) is 12.0. The van der Waals surface area contributed by atoms with Crippen LogP contribution in [-0.2, 0) is 0 Å². The second kappa shape index (κ2) is 12.7. The van der Waals surface area contributed by atoms with Crippen molar-refractivity contribution in [1.29, 1.82) is 0 Å². The van der Waals surface area contributed by atoms with E-state index in [-0.39, 0.29) is 0 Å². The molecule has 0 spiro atoms. The summed E-state index contributed by atoms with van der Waals surface area (Å²) < 4.78 is 13.3. The minimum atomic E-state index is 0.870. The van der Waals surface area contributed by atoms with Gasteiger partial charge in [0.1, 0.15) is 22.5 Å². The molecule has 0 atom stereocenters. The van der Waals surface area contributed by atoms with Gasteiger partial charge in [0.15, 0.2) is 0 Å². The van der Waals surface area contributed by atoms with Gasteiger partial charge in [-0.1, -0.05) is 140 Å². The number of imidazole rings is 1. The lowest BCUT2D eigenvalue weighted by atomic mass is 10.0. The standard InChI is InChI=1S/C55H34N4O/c1-2-14-38(15-3-1)57-54-50(59-47-23-11-6-18-41(47)42-19-7-12-24-48(42)59)32-31-49(58-45-21-9-4-16-39(45)40-17-5-10-22-46(40)58)53(54)56-55(57)36-28-26-35(27-29-36)37-30-33-52-44(34-37)43-20-8-13-25-51(43)60-52/h1-34H. The number of rotatable bonds is 5. The first-order valence-electron chi connectivity index (χ1n) is 20.4. The van der Waals surface area contributed by atoms with Gasteiger partial charge in [0.05, 0.1) is 39.0 Å². The summed E-state index contributed by atoms with van der Waals surface area (Å²) in [5.41, 5.74) is 14.8. The molecule has 60 heavy (non-hydrogen) atoms. The molecule has 0 fully saturated rings. The van der Waals surface area contributed by atoms with E-state index in [9.17, 15) is 0 Å². The van der Waals surface area contributed by atoms with E-state index in [1.165, 1.54) is 21.5 Å². The largest absolute Gasteiger partial charge is 0.456 e. The van der Waals surface area contributed by atoms with E-state index < -0.39 is 0 Å². The summed E-state index contributed by atoms with van der Waals surface area (Å²) in [4.78, 5) is 5.75. The lowest BCUT2D eigenvalue weighted by Gasteiger charge is -2.17. The predicted molar refractivity (Wildman–Crippen MR) is 248 cm³/mol. The van der Waals surface area contributed by atoms with E-state index in [2.05, 4.69) is 208 Å². The summed E-state index contributed by atoms with van der Waals surface area (Å²) in [5, 5.41) is 7.11. The lowest BCUT2D eigenvalue weighted by Crippen LogP contribution is -2.03. The van der Waals surface area contributed by atoms with Crippen molar-refractivity contribution in [2.75, 3.05) is 0 Å². The van der Waals surface area contributed by atoms with Crippen molar-refractivity contribution in [2.24, 2.45) is 0 Å². The minimum Gasteiger partial charge on any atom is -0.456 e. The molecule has 0 aliphatic heterocycles. The number of furan rings is 1. The maximum atomic E-state index is 6.16. The van der Waals surface area contributed by atoms with Gasteiger partial charge in [-0.05, 0) is 77.9 Å². The molecule has 4 heterocycles. The summed E-state index contributed by atoms with van der Waals surface area (Å²) >= 11 is 0. The van der Waals surface area contributed by atoms with Gasteiger partial charge in [-0.15, -0.1) is 0 Å². The average Bonchev–Trinajstić information content (AvgIpc) is 4.07. The molecule has 0 unspecified atom stereocenters. The highest BCUT2D eigenvalue weighted by Gasteiger charge is 2.25. The van der Waals surface area contributed by atoms with Gasteiger partial charge in [0.2, 0.25) is 0 Å². The first-order valence-corrected chi connectivity index (χ1v) is 20.4. The Morgan fingerprint density at radius 3 is 1.42 bits per heavy atom. The first-order chi connectivity index (χ1) is 29.8. The number of hydrogen-bond donors (Lipinski definition) is 0. The molecule has 9 aromatic carbocycles. The number of hydrogen-bond acceptors (Lipinski definition) is 2. The monoisotopic (exact) mass is 766 g/mol. The van der Waals surface area contributed by atoms with Crippen LogP contribution in [0.15, 0.2) is 211 Å². The summed E-state index contributed by atoms with van der Waals surface area (Å²) in [6.07, 6.45) is 0. The zero-order valence-electron chi connectivity index (χ0n) is 32.3. The SMILES string of the molecule is c1ccc(-n2c(-c3ccc(-c4ccc5oc6ccccc6c5c4)cc3)nc3c(-n4c5ccccc5c5ccccc54)ccc(-n4c5ccccc5c5ccccc54)c32)cc1. The molecular weight excluding hydrogens is 733 g/mol. The Morgan fingerprint density at radius 1 is 0.333 bits per heavy atom. The van der Waals surface area contributed by atoms with Crippen molar-refractivity contribution in [1.82, 2.24) is 18.7 Å². The van der Waals surface area contributed by atoms with Gasteiger partial charge in [-0.25, -0.2) is 4.98 Å². The van der Waals surface area contributed by atoms with Crippen LogP contribution in [0.5, 0.6) is 0 Å². The molecule has 5 heteroatoms. The Morgan fingerprint density at radius 2 is 0.800 bits per heavy atom. The highest BCUT2D eigenvalue weighted by molar-refractivity contribution is 6.13. The molecule has 0 saturated carbocycles. The summed E-state index contributed by atoms with van der Waals surface area (Å²) in [6.45, 7) is 0. The zero-order chi connectivity index (χ0) is 39.3. The van der Waals surface area contributed by atoms with Crippen LogP contribution >= 0.6 is 0 Å². The van der Waals surface area contributed by atoms with Gasteiger partial charge < -0.3 is 13.6 Å². The Bertz CT molecular complexity index is 3720. The molecule has 0 saturated heterocycles. The van der Waals surface area contributed by atoms with Crippen LogP contribution in [0.1, 0.15) is 0 Å². The van der Waals surface area contributed by atoms with E-state index in [4.69, 9.17) is 9.40 Å². The number of fused-ring (bicyclic) bond motifs is 10. The molecule has 0 aliphatic carbocycles. The van der Waals surface area contributed by atoms with Gasteiger partial charge in [0, 0.05) is 43.6 Å². The molecule has 0 N–H and O–H groups in total. The Balaban J connectivity index is 1.11. The van der Waals surface area contributed by atoms with Crippen molar-refractivity contribution in [3.8, 4) is 39.6 Å². The molecule has 5 nitrogen and oxygen atoms in total. The van der Waals surface area contributed by atoms with E-state index in [0.29, 0.717) is 0 Å². The fraction of sp³-hybridized carbons (Fsp3) is 0. The molecule has 0 aliphatic rings. The number of nitrogens with zero attached hydrogens (tertiary/aromatic N) is 4. The minimum absolute atomic E-state index is 0.870. The molecule has 0 amide bonds. The quantitative estimate of drug-likeness (QED) is 0.175. The van der Waals surface area contributed by atoms with E-state index >= 15 is 0 Å². The van der Waals surface area contributed by atoms with Crippen LogP contribution in [0.2, 0.25) is 0 Å². The maximum absolute atomic E-state index is 6.16. The predicted octanol–water partition coefficient (Wildman–Crippen LogP) is 14.5. The van der Waals surface area contributed by atoms with Crippen molar-refractivity contribution in [2.45, 2.75) is 0 Å². The fourth-order valence-corrected chi connectivity index (χ4v) is 9.62. The average molecular weight is 767 g/mol. The van der Waals surface area contributed by atoms with E-state index in [0.717, 1.165) is 94.6 Å². The molecule has 4 aromatic heterocycles. The lowest BCUT2D eigenvalue weighted by molar-refractivity contribution is 0.669. The maximum Gasteiger partial charge on any atom is 0.145 e. The molecule has 13 rings (SSSR count). The highest BCUT2D eigenvalue weighted by Crippen LogP contribution is 2.42. The van der Waals surface area contributed by atoms with Crippen molar-refractivity contribution >= 4 is 76.6 Å². The molecule has 280 valence electrons. The second-order valence-corrected chi connectivity index (χ2v) is 15.5. The topological polar surface area (TPSA) is 40.8 Å². The third-order valence-electron chi connectivity index (χ3n) is 12.3. The third-order valence-corrected chi connectivity index (χ3v) is 12.3. The molecule has 0 radical (unpaired) electrons. The molecule has 0 bridgehead atoms. The van der Waals surface area contributed by atoms with Gasteiger partial charge in [-0.2, -0.15) is 0 Å². The number of para-hydroxylation sites is 6. The summed E-state index contributed by atoms with van der Waals surface area (Å²) in [5.74, 6) is 0.870. The molecule has 13 aromatic rings. The number of benzene rings is 9. The summed E-state index contributed by atoms with van der Waals surface area (Å²) in [6, 6.07) is 73.7. The van der Waals surface area contributed by atoms with Crippen LogP contribution in [0, 0.1) is 0 Å². The van der Waals surface area contributed by atoms with Crippen molar-refractivity contribution in [3.05, 3.63) is 206 Å². The zero-order valence-corrected chi connectivity index (χ0v) is 32.3. The number of aromatic nitrogens is 4. The van der Waals surface area contributed by atoms with Crippen LogP contribution in [-0.4, -0.2) is 18.7 Å². The summed E-state index contributed by atoms with van der Waals surface area (Å²) in [7, 11) is 0. The van der Waals surface area contributed by atoms with Gasteiger partial charge >= 0.3 is 0 Å². The van der Waals surface area contributed by atoms with Crippen LogP contribution in [0.25, 0.3) is 116 Å². The molecular formula is C55H34N4O. The van der Waals surface area contributed by atoms with Crippen LogP contribution in [0.4, 0.5) is 0 Å². The van der Waals surface area contributed by atoms with Gasteiger partial charge in [-0.3, -0.25) is 4.57 Å². The Hall–Kier alpha value is -8.15. The van der Waals surface area contributed by atoms with Crippen LogP contribution in [0.3, 0.4) is 0 Å². The van der Waals surface area contributed by atoms with Crippen molar-refractivity contribution in [3.63, 3.8) is 0 Å². The first kappa shape index (κ1) is 32.9. The second-order valence-electron chi connectivity index (χ2n) is 15.5.